The summed E-state index contributed by atoms with van der Waals surface area (Å²) >= 11 is 0. The fraction of sp³-hybridized carbons (Fsp3) is 0.200. The molecule has 1 aliphatic rings. The van der Waals surface area contributed by atoms with Gasteiger partial charge in [0.15, 0.2) is 21.5 Å². The number of rotatable bonds is 6. The van der Waals surface area contributed by atoms with Crippen molar-refractivity contribution in [3.63, 3.8) is 0 Å². The Bertz CT molecular complexity index is 1420. The second-order valence-corrected chi connectivity index (χ2v) is 10.7. The van der Waals surface area contributed by atoms with Gasteiger partial charge in [-0.2, -0.15) is 5.10 Å². The van der Waals surface area contributed by atoms with Gasteiger partial charge in [0, 0.05) is 54.4 Å². The number of amides is 1. The Balaban J connectivity index is 1.22. The van der Waals surface area contributed by atoms with Crippen molar-refractivity contribution < 1.29 is 13.2 Å². The van der Waals surface area contributed by atoms with E-state index in [1.165, 1.54) is 0 Å². The van der Waals surface area contributed by atoms with E-state index >= 15 is 0 Å². The van der Waals surface area contributed by atoms with E-state index in [1.807, 2.05) is 54.6 Å². The first-order chi connectivity index (χ1) is 16.9. The summed E-state index contributed by atoms with van der Waals surface area (Å²) in [6.45, 7) is 1.64. The van der Waals surface area contributed by atoms with Crippen LogP contribution in [0.25, 0.3) is 22.8 Å². The first-order valence-corrected chi connectivity index (χ1v) is 13.0. The minimum Gasteiger partial charge on any atom is -0.322 e. The molecule has 1 saturated heterocycles. The third-order valence-corrected chi connectivity index (χ3v) is 7.46. The van der Waals surface area contributed by atoms with Gasteiger partial charge >= 0.3 is 0 Å². The first kappa shape index (κ1) is 22.9. The summed E-state index contributed by atoms with van der Waals surface area (Å²) in [4.78, 5) is 23.5. The summed E-state index contributed by atoms with van der Waals surface area (Å²) in [5.74, 6) is 1.35. The smallest absolute Gasteiger partial charge is 0.255 e. The quantitative estimate of drug-likeness (QED) is 0.428. The number of carbonyl (C=O) groups is 1. The normalized spacial score (nSPS) is 15.5. The van der Waals surface area contributed by atoms with Gasteiger partial charge in [0.25, 0.3) is 5.91 Å². The zero-order chi connectivity index (χ0) is 24.3. The van der Waals surface area contributed by atoms with Crippen LogP contribution in [0.5, 0.6) is 0 Å². The minimum atomic E-state index is -2.91. The first-order valence-electron chi connectivity index (χ1n) is 11.2. The Hall–Kier alpha value is -3.89. The zero-order valence-electron chi connectivity index (χ0n) is 18.9. The number of nitrogens with one attached hydrogen (secondary N) is 2. The molecule has 4 aromatic rings. The van der Waals surface area contributed by atoms with E-state index in [1.54, 1.807) is 18.5 Å². The van der Waals surface area contributed by atoms with Gasteiger partial charge in [-0.25, -0.2) is 13.4 Å². The molecule has 1 aliphatic heterocycles. The lowest BCUT2D eigenvalue weighted by Gasteiger charge is -2.26. The summed E-state index contributed by atoms with van der Waals surface area (Å²) < 4.78 is 23.3. The van der Waals surface area contributed by atoms with Crippen LogP contribution in [0.1, 0.15) is 15.9 Å². The second-order valence-electron chi connectivity index (χ2n) is 8.41. The zero-order valence-corrected chi connectivity index (χ0v) is 19.7. The summed E-state index contributed by atoms with van der Waals surface area (Å²) in [6, 6.07) is 18.5. The van der Waals surface area contributed by atoms with Crippen molar-refractivity contribution in [3.05, 3.63) is 84.2 Å². The third kappa shape index (κ3) is 5.61. The van der Waals surface area contributed by atoms with E-state index in [0.29, 0.717) is 42.5 Å². The molecule has 3 heterocycles. The molecule has 2 N–H and O–H groups in total. The van der Waals surface area contributed by atoms with Gasteiger partial charge in [-0.1, -0.05) is 12.1 Å². The van der Waals surface area contributed by atoms with Gasteiger partial charge in [0.05, 0.1) is 11.5 Å². The Labute approximate surface area is 203 Å². The number of anilines is 1. The fourth-order valence-electron chi connectivity index (χ4n) is 3.91. The number of H-pyrrole nitrogens is 1. The largest absolute Gasteiger partial charge is 0.322 e. The highest BCUT2D eigenvalue weighted by atomic mass is 32.2. The standard InChI is InChI=1S/C25H24N6O3S/c32-25(20-4-1-3-18(15-20)17-31-11-13-35(33,34)14-12-31)27-22-8-6-19(7-9-22)23-28-24(30-29-23)21-5-2-10-26-16-21/h1-10,15-16H,11-14,17H2,(H,27,32)(H,28,29,30). The second kappa shape index (κ2) is 9.77. The Morgan fingerprint density at radius 3 is 2.54 bits per heavy atom. The molecule has 1 amide bonds. The van der Waals surface area contributed by atoms with E-state index in [4.69, 9.17) is 0 Å². The van der Waals surface area contributed by atoms with Crippen LogP contribution in [0.15, 0.2) is 73.1 Å². The highest BCUT2D eigenvalue weighted by Crippen LogP contribution is 2.21. The molecule has 0 radical (unpaired) electrons. The fourth-order valence-corrected chi connectivity index (χ4v) is 5.18. The van der Waals surface area contributed by atoms with Crippen LogP contribution in [-0.4, -0.2) is 64.0 Å². The van der Waals surface area contributed by atoms with Gasteiger partial charge in [-0.3, -0.25) is 19.8 Å². The molecule has 178 valence electrons. The third-order valence-electron chi connectivity index (χ3n) is 5.85. The van der Waals surface area contributed by atoms with Crippen molar-refractivity contribution in [3.8, 4) is 22.8 Å². The number of nitrogens with zero attached hydrogens (tertiary/aromatic N) is 4. The molecule has 9 nitrogen and oxygen atoms in total. The number of sulfone groups is 1. The molecule has 0 saturated carbocycles. The molecule has 2 aromatic carbocycles. The summed E-state index contributed by atoms with van der Waals surface area (Å²) in [5.41, 5.74) is 3.86. The van der Waals surface area contributed by atoms with Crippen LogP contribution in [0.4, 0.5) is 5.69 Å². The van der Waals surface area contributed by atoms with Gasteiger partial charge in [0.1, 0.15) is 0 Å². The Kier molecular flexibility index (Phi) is 6.39. The number of aromatic nitrogens is 4. The van der Waals surface area contributed by atoms with Crippen LogP contribution in [0, 0.1) is 0 Å². The molecule has 35 heavy (non-hydrogen) atoms. The monoisotopic (exact) mass is 488 g/mol. The van der Waals surface area contributed by atoms with Crippen LogP contribution >= 0.6 is 0 Å². The number of hydrogen-bond acceptors (Lipinski definition) is 7. The van der Waals surface area contributed by atoms with E-state index < -0.39 is 9.84 Å². The molecule has 0 atom stereocenters. The van der Waals surface area contributed by atoms with Gasteiger partial charge in [0.2, 0.25) is 0 Å². The molecule has 0 unspecified atom stereocenters. The predicted molar refractivity (Wildman–Crippen MR) is 133 cm³/mol. The molecular formula is C25H24N6O3S. The maximum absolute atomic E-state index is 12.8. The van der Waals surface area contributed by atoms with E-state index in [2.05, 4.69) is 30.4 Å². The van der Waals surface area contributed by atoms with Gasteiger partial charge < -0.3 is 5.32 Å². The van der Waals surface area contributed by atoms with Crippen LogP contribution in [-0.2, 0) is 16.4 Å². The van der Waals surface area contributed by atoms with Crippen LogP contribution in [0.3, 0.4) is 0 Å². The topological polar surface area (TPSA) is 121 Å². The number of carbonyl (C=O) groups excluding carboxylic acids is 1. The predicted octanol–water partition coefficient (Wildman–Crippen LogP) is 3.02. The Morgan fingerprint density at radius 2 is 1.80 bits per heavy atom. The van der Waals surface area contributed by atoms with E-state index in [-0.39, 0.29) is 17.4 Å². The van der Waals surface area contributed by atoms with E-state index in [0.717, 1.165) is 16.7 Å². The van der Waals surface area contributed by atoms with Gasteiger partial charge in [-0.15, -0.1) is 0 Å². The van der Waals surface area contributed by atoms with Crippen molar-refractivity contribution in [2.24, 2.45) is 0 Å². The summed E-state index contributed by atoms with van der Waals surface area (Å²) in [7, 11) is -2.91. The summed E-state index contributed by atoms with van der Waals surface area (Å²) in [6.07, 6.45) is 3.40. The number of aromatic amines is 1. The SMILES string of the molecule is O=C(Nc1ccc(-c2nc(-c3cccnc3)n[nH]2)cc1)c1cccc(CN2CCS(=O)(=O)CC2)c1. The number of pyridine rings is 1. The molecule has 5 rings (SSSR count). The minimum absolute atomic E-state index is 0.183. The van der Waals surface area contributed by atoms with Crippen LogP contribution in [0.2, 0.25) is 0 Å². The summed E-state index contributed by atoms with van der Waals surface area (Å²) in [5, 5.41) is 10.1. The number of hydrogen-bond donors (Lipinski definition) is 2. The van der Waals surface area contributed by atoms with Crippen molar-refractivity contribution in [2.45, 2.75) is 6.54 Å². The van der Waals surface area contributed by atoms with E-state index in [9.17, 15) is 13.2 Å². The lowest BCUT2D eigenvalue weighted by atomic mass is 10.1. The molecule has 1 fully saturated rings. The molecule has 2 aromatic heterocycles. The highest BCUT2D eigenvalue weighted by molar-refractivity contribution is 7.91. The maximum atomic E-state index is 12.8. The van der Waals surface area contributed by atoms with Crippen molar-refractivity contribution >= 4 is 21.4 Å². The van der Waals surface area contributed by atoms with Crippen molar-refractivity contribution in [1.82, 2.24) is 25.1 Å². The molecule has 0 bridgehead atoms. The van der Waals surface area contributed by atoms with Crippen LogP contribution < -0.4 is 5.32 Å². The lowest BCUT2D eigenvalue weighted by molar-refractivity contribution is 0.102. The average molecular weight is 489 g/mol. The average Bonchev–Trinajstić information content (AvgIpc) is 3.37. The molecular weight excluding hydrogens is 464 g/mol. The van der Waals surface area contributed by atoms with Gasteiger partial charge in [-0.05, 0) is 54.1 Å². The molecule has 10 heteroatoms. The highest BCUT2D eigenvalue weighted by Gasteiger charge is 2.21. The molecule has 0 spiro atoms. The molecule has 0 aliphatic carbocycles. The number of benzene rings is 2. The maximum Gasteiger partial charge on any atom is 0.255 e. The van der Waals surface area contributed by atoms with Crippen molar-refractivity contribution in [2.75, 3.05) is 29.9 Å². The van der Waals surface area contributed by atoms with Crippen molar-refractivity contribution in [1.29, 1.82) is 0 Å². The lowest BCUT2D eigenvalue weighted by Crippen LogP contribution is -2.39. The Morgan fingerprint density at radius 1 is 1.00 bits per heavy atom.